The van der Waals surface area contributed by atoms with Gasteiger partial charge in [0.15, 0.2) is 0 Å². The molecule has 2 aromatic carbocycles. The van der Waals surface area contributed by atoms with Crippen LogP contribution in [0.4, 0.5) is 11.4 Å². The van der Waals surface area contributed by atoms with Gasteiger partial charge in [0.05, 0.1) is 11.3 Å². The first-order valence-electron chi connectivity index (χ1n) is 8.06. The van der Waals surface area contributed by atoms with Crippen LogP contribution in [0.2, 0.25) is 0 Å². The zero-order valence-corrected chi connectivity index (χ0v) is 14.7. The molecule has 0 aliphatic heterocycles. The van der Waals surface area contributed by atoms with Gasteiger partial charge in [-0.15, -0.1) is 0 Å². The smallest absolute Gasteiger partial charge is 0.226 e. The molecule has 2 rings (SSSR count). The maximum Gasteiger partial charge on any atom is 0.226 e. The van der Waals surface area contributed by atoms with Gasteiger partial charge >= 0.3 is 0 Å². The minimum absolute atomic E-state index is 0.117. The predicted octanol–water partition coefficient (Wildman–Crippen LogP) is 3.56. The molecule has 2 aromatic rings. The Morgan fingerprint density at radius 1 is 1.12 bits per heavy atom. The number of anilines is 2. The molecule has 0 atom stereocenters. The van der Waals surface area contributed by atoms with E-state index in [-0.39, 0.29) is 24.8 Å². The van der Waals surface area contributed by atoms with Crippen molar-refractivity contribution < 1.29 is 9.59 Å². The Morgan fingerprint density at radius 2 is 1.84 bits per heavy atom. The summed E-state index contributed by atoms with van der Waals surface area (Å²) in [4.78, 5) is 25.8. The summed E-state index contributed by atoms with van der Waals surface area (Å²) in [5.41, 5.74) is 3.92. The van der Waals surface area contributed by atoms with E-state index in [1.54, 1.807) is 29.2 Å². The standard InChI is InChI=1S/C20H21N3O2/c1-14-8-9-18(12-15(14)2)23(16(3)24)11-10-20(25)22-19-7-5-4-6-17(19)13-21/h4-9,12H,10-11H2,1-3H3,(H,22,25). The zero-order valence-electron chi connectivity index (χ0n) is 14.7. The summed E-state index contributed by atoms with van der Waals surface area (Å²) in [5, 5.41) is 11.8. The molecule has 0 bridgehead atoms. The maximum absolute atomic E-state index is 12.2. The van der Waals surface area contributed by atoms with Gasteiger partial charge in [-0.1, -0.05) is 18.2 Å². The van der Waals surface area contributed by atoms with Gasteiger partial charge in [-0.2, -0.15) is 5.26 Å². The van der Waals surface area contributed by atoms with Crippen molar-refractivity contribution in [2.75, 3.05) is 16.8 Å². The van der Waals surface area contributed by atoms with Crippen LogP contribution in [0.15, 0.2) is 42.5 Å². The van der Waals surface area contributed by atoms with Crippen molar-refractivity contribution in [2.24, 2.45) is 0 Å². The van der Waals surface area contributed by atoms with E-state index in [0.29, 0.717) is 11.3 Å². The molecule has 1 N–H and O–H groups in total. The number of benzene rings is 2. The number of hydrogen-bond acceptors (Lipinski definition) is 3. The lowest BCUT2D eigenvalue weighted by molar-refractivity contribution is -0.117. The van der Waals surface area contributed by atoms with Crippen molar-refractivity contribution in [3.63, 3.8) is 0 Å². The molecule has 0 saturated heterocycles. The minimum Gasteiger partial charge on any atom is -0.325 e. The van der Waals surface area contributed by atoms with Gasteiger partial charge in [-0.05, 0) is 49.2 Å². The SMILES string of the molecule is CC(=O)N(CCC(=O)Nc1ccccc1C#N)c1ccc(C)c(C)c1. The summed E-state index contributed by atoms with van der Waals surface area (Å²) in [6.07, 6.45) is 0.145. The second kappa shape index (κ2) is 8.11. The number of carbonyl (C=O) groups excluding carboxylic acids is 2. The topological polar surface area (TPSA) is 73.2 Å². The number of nitrogens with zero attached hydrogens (tertiary/aromatic N) is 2. The summed E-state index contributed by atoms with van der Waals surface area (Å²) in [7, 11) is 0. The van der Waals surface area contributed by atoms with Gasteiger partial charge in [0, 0.05) is 25.6 Å². The van der Waals surface area contributed by atoms with Gasteiger partial charge in [0.1, 0.15) is 6.07 Å². The summed E-state index contributed by atoms with van der Waals surface area (Å²) >= 11 is 0. The molecule has 25 heavy (non-hydrogen) atoms. The van der Waals surface area contributed by atoms with E-state index in [4.69, 9.17) is 5.26 Å². The van der Waals surface area contributed by atoms with Gasteiger partial charge in [-0.3, -0.25) is 9.59 Å². The molecule has 0 aliphatic carbocycles. The number of aryl methyl sites for hydroxylation is 2. The van der Waals surface area contributed by atoms with Crippen LogP contribution in [0, 0.1) is 25.2 Å². The number of nitrogens with one attached hydrogen (secondary N) is 1. The van der Waals surface area contributed by atoms with Crippen LogP contribution in [0.5, 0.6) is 0 Å². The monoisotopic (exact) mass is 335 g/mol. The quantitative estimate of drug-likeness (QED) is 0.908. The van der Waals surface area contributed by atoms with Crippen molar-refractivity contribution in [3.8, 4) is 6.07 Å². The molecule has 2 amide bonds. The van der Waals surface area contributed by atoms with E-state index >= 15 is 0 Å². The van der Waals surface area contributed by atoms with E-state index in [1.165, 1.54) is 6.92 Å². The third-order valence-corrected chi connectivity index (χ3v) is 4.07. The molecule has 0 fully saturated rings. The summed E-state index contributed by atoms with van der Waals surface area (Å²) in [5.74, 6) is -0.355. The first-order valence-corrected chi connectivity index (χ1v) is 8.06. The van der Waals surface area contributed by atoms with Crippen molar-refractivity contribution in [1.82, 2.24) is 0 Å². The summed E-state index contributed by atoms with van der Waals surface area (Å²) < 4.78 is 0. The highest BCUT2D eigenvalue weighted by molar-refractivity contribution is 5.95. The van der Waals surface area contributed by atoms with E-state index < -0.39 is 0 Å². The second-order valence-corrected chi connectivity index (χ2v) is 5.89. The number of rotatable bonds is 5. The molecule has 0 heterocycles. The molecular weight excluding hydrogens is 314 g/mol. The largest absolute Gasteiger partial charge is 0.325 e. The van der Waals surface area contributed by atoms with Crippen molar-refractivity contribution in [3.05, 3.63) is 59.2 Å². The maximum atomic E-state index is 12.2. The average Bonchev–Trinajstić information content (AvgIpc) is 2.58. The molecule has 0 unspecified atom stereocenters. The van der Waals surface area contributed by atoms with Gasteiger partial charge in [0.2, 0.25) is 11.8 Å². The molecule has 0 radical (unpaired) electrons. The normalized spacial score (nSPS) is 10.0. The highest BCUT2D eigenvalue weighted by Crippen LogP contribution is 2.20. The molecular formula is C20H21N3O2. The fourth-order valence-corrected chi connectivity index (χ4v) is 2.48. The third-order valence-electron chi connectivity index (χ3n) is 4.07. The molecule has 5 nitrogen and oxygen atoms in total. The second-order valence-electron chi connectivity index (χ2n) is 5.89. The molecule has 0 spiro atoms. The molecule has 0 saturated carbocycles. The van der Waals surface area contributed by atoms with Crippen molar-refractivity contribution >= 4 is 23.2 Å². The van der Waals surface area contributed by atoms with Crippen LogP contribution in [0.25, 0.3) is 0 Å². The zero-order chi connectivity index (χ0) is 18.4. The van der Waals surface area contributed by atoms with E-state index in [1.807, 2.05) is 38.1 Å². The predicted molar refractivity (Wildman–Crippen MR) is 98.3 cm³/mol. The third kappa shape index (κ3) is 4.67. The van der Waals surface area contributed by atoms with Crippen LogP contribution >= 0.6 is 0 Å². The number of nitriles is 1. The Morgan fingerprint density at radius 3 is 2.48 bits per heavy atom. The molecule has 5 heteroatoms. The Kier molecular flexibility index (Phi) is 5.91. The Hall–Kier alpha value is -3.13. The Balaban J connectivity index is 2.06. The van der Waals surface area contributed by atoms with Crippen molar-refractivity contribution in [2.45, 2.75) is 27.2 Å². The average molecular weight is 335 g/mol. The van der Waals surface area contributed by atoms with Crippen molar-refractivity contribution in [1.29, 1.82) is 5.26 Å². The van der Waals surface area contributed by atoms with E-state index in [2.05, 4.69) is 5.32 Å². The van der Waals surface area contributed by atoms with E-state index in [0.717, 1.165) is 16.8 Å². The van der Waals surface area contributed by atoms with E-state index in [9.17, 15) is 9.59 Å². The molecule has 0 aliphatic rings. The lowest BCUT2D eigenvalue weighted by Crippen LogP contribution is -2.32. The molecule has 128 valence electrons. The van der Waals surface area contributed by atoms with Gasteiger partial charge in [-0.25, -0.2) is 0 Å². The first kappa shape index (κ1) is 18.2. The van der Waals surface area contributed by atoms with Crippen LogP contribution in [0.3, 0.4) is 0 Å². The Labute approximate surface area is 147 Å². The molecule has 0 aromatic heterocycles. The summed E-state index contributed by atoms with van der Waals surface area (Å²) in [6, 6.07) is 14.7. The van der Waals surface area contributed by atoms with Crippen LogP contribution in [-0.2, 0) is 9.59 Å². The van der Waals surface area contributed by atoms with Crippen LogP contribution < -0.4 is 10.2 Å². The number of carbonyl (C=O) groups is 2. The van der Waals surface area contributed by atoms with Gasteiger partial charge < -0.3 is 10.2 Å². The minimum atomic E-state index is -0.238. The van der Waals surface area contributed by atoms with Crippen LogP contribution in [-0.4, -0.2) is 18.4 Å². The number of para-hydroxylation sites is 1. The van der Waals surface area contributed by atoms with Gasteiger partial charge in [0.25, 0.3) is 0 Å². The lowest BCUT2D eigenvalue weighted by Gasteiger charge is -2.22. The van der Waals surface area contributed by atoms with Crippen LogP contribution in [0.1, 0.15) is 30.0 Å². The highest BCUT2D eigenvalue weighted by Gasteiger charge is 2.14. The lowest BCUT2D eigenvalue weighted by atomic mass is 10.1. The number of hydrogen-bond donors (Lipinski definition) is 1. The first-order chi connectivity index (χ1) is 11.9. The Bertz CT molecular complexity index is 837. The fraction of sp³-hybridized carbons (Fsp3) is 0.250. The summed E-state index contributed by atoms with van der Waals surface area (Å²) in [6.45, 7) is 5.76. The number of amides is 2. The fourth-order valence-electron chi connectivity index (χ4n) is 2.48. The highest BCUT2D eigenvalue weighted by atomic mass is 16.2.